The van der Waals surface area contributed by atoms with Crippen molar-refractivity contribution in [3.8, 4) is 0 Å². The number of hydrogen-bond acceptors (Lipinski definition) is 9. The Kier molecular flexibility index (Phi) is 6.25. The van der Waals surface area contributed by atoms with Crippen molar-refractivity contribution in [3.05, 3.63) is 28.7 Å². The number of hydrogen-bond donors (Lipinski definition) is 2. The fourth-order valence-corrected chi connectivity index (χ4v) is 6.37. The minimum Gasteiger partial charge on any atom is -0.477 e. The topological polar surface area (TPSA) is 148 Å². The summed E-state index contributed by atoms with van der Waals surface area (Å²) in [4.78, 5) is 38.7. The third-order valence-electron chi connectivity index (χ3n) is 5.87. The van der Waals surface area contributed by atoms with Crippen LogP contribution in [0.2, 0.25) is 0 Å². The van der Waals surface area contributed by atoms with Crippen molar-refractivity contribution in [2.75, 3.05) is 11.5 Å². The number of fused-ring (bicyclic) bond motifs is 1. The van der Waals surface area contributed by atoms with Gasteiger partial charge in [-0.3, -0.25) is 19.2 Å². The number of aryl methyl sites for hydroxylation is 1. The number of thioether (sulfide) groups is 2. The maximum Gasteiger partial charge on any atom is 0.352 e. The number of amides is 2. The summed E-state index contributed by atoms with van der Waals surface area (Å²) in [5.41, 5.74) is 0.652. The average molecular weight is 527 g/mol. The van der Waals surface area contributed by atoms with Crippen LogP contribution < -0.4 is 5.32 Å². The standard InChI is InChI=1S/C19H20F2N8O4S2/c1-27-19(23-25-26-27)35-7-9-6-34-17-13(16(31)29(17)14(9)18(32)33)22-12(30)5-28-11(8-2-3-8)4-10(24-28)15(20)21/h4,8,13,15,17H,2-3,5-7H2,1H3,(H,22,30)(H,32,33)/t13-,17-/m1/s1. The Hall–Kier alpha value is -3.01. The number of tetrazole rings is 1. The van der Waals surface area contributed by atoms with Gasteiger partial charge in [0.25, 0.3) is 12.3 Å². The van der Waals surface area contributed by atoms with Gasteiger partial charge in [-0.05, 0) is 34.9 Å². The van der Waals surface area contributed by atoms with Gasteiger partial charge in [0, 0.05) is 30.2 Å². The van der Waals surface area contributed by atoms with E-state index in [9.17, 15) is 28.3 Å². The molecule has 1 aliphatic carbocycles. The fraction of sp³-hybridized carbons (Fsp3) is 0.526. The molecule has 0 radical (unpaired) electrons. The molecule has 2 aliphatic heterocycles. The maximum atomic E-state index is 13.1. The van der Waals surface area contributed by atoms with E-state index in [1.807, 2.05) is 0 Å². The maximum absolute atomic E-state index is 13.1. The quantitative estimate of drug-likeness (QED) is 0.354. The number of aromatic nitrogens is 6. The summed E-state index contributed by atoms with van der Waals surface area (Å²) in [7, 11) is 1.66. The van der Waals surface area contributed by atoms with Gasteiger partial charge < -0.3 is 10.4 Å². The van der Waals surface area contributed by atoms with Crippen molar-refractivity contribution in [1.82, 2.24) is 40.2 Å². The van der Waals surface area contributed by atoms with Crippen LogP contribution in [0, 0.1) is 0 Å². The van der Waals surface area contributed by atoms with Gasteiger partial charge in [0.2, 0.25) is 11.1 Å². The summed E-state index contributed by atoms with van der Waals surface area (Å²) in [6.07, 6.45) is -1.04. The lowest BCUT2D eigenvalue weighted by molar-refractivity contribution is -0.150. The van der Waals surface area contributed by atoms with Crippen molar-refractivity contribution in [1.29, 1.82) is 0 Å². The van der Waals surface area contributed by atoms with Crippen LogP contribution in [0.1, 0.15) is 36.6 Å². The molecule has 186 valence electrons. The molecule has 0 aromatic carbocycles. The molecule has 35 heavy (non-hydrogen) atoms. The number of carbonyl (C=O) groups excluding carboxylic acids is 2. The SMILES string of the molecule is Cn1nnnc1SCC1=C(C(=O)O)N2C(=O)[C@@H](NC(=O)Cn3nc(C(F)F)cc3C3CC3)[C@H]2SC1. The van der Waals surface area contributed by atoms with Gasteiger partial charge in [0.1, 0.15) is 29.4 Å². The number of halogens is 2. The molecule has 16 heteroatoms. The summed E-state index contributed by atoms with van der Waals surface area (Å²) >= 11 is 2.60. The third-order valence-corrected chi connectivity index (χ3v) is 8.30. The summed E-state index contributed by atoms with van der Waals surface area (Å²) in [5.74, 6) is -1.58. The lowest BCUT2D eigenvalue weighted by Gasteiger charge is -2.49. The molecule has 4 heterocycles. The van der Waals surface area contributed by atoms with Crippen molar-refractivity contribution in [2.45, 2.75) is 48.3 Å². The number of carboxylic acids is 1. The fourth-order valence-electron chi connectivity index (χ4n) is 4.04. The molecule has 1 saturated heterocycles. The van der Waals surface area contributed by atoms with Crippen LogP contribution in [0.5, 0.6) is 0 Å². The Morgan fingerprint density at radius 2 is 2.14 bits per heavy atom. The van der Waals surface area contributed by atoms with Gasteiger partial charge >= 0.3 is 5.97 Å². The second-order valence-corrected chi connectivity index (χ2v) is 10.4. The highest BCUT2D eigenvalue weighted by Crippen LogP contribution is 2.42. The first-order valence-electron chi connectivity index (χ1n) is 10.6. The van der Waals surface area contributed by atoms with Gasteiger partial charge in [-0.2, -0.15) is 5.10 Å². The second kappa shape index (κ2) is 9.22. The molecule has 0 spiro atoms. The minimum atomic E-state index is -2.74. The smallest absolute Gasteiger partial charge is 0.352 e. The van der Waals surface area contributed by atoms with Crippen LogP contribution in [0.4, 0.5) is 8.78 Å². The molecule has 3 aliphatic rings. The predicted molar refractivity (Wildman–Crippen MR) is 118 cm³/mol. The highest BCUT2D eigenvalue weighted by molar-refractivity contribution is 8.01. The van der Waals surface area contributed by atoms with Crippen molar-refractivity contribution >= 4 is 41.3 Å². The van der Waals surface area contributed by atoms with Crippen molar-refractivity contribution < 1.29 is 28.3 Å². The van der Waals surface area contributed by atoms with Gasteiger partial charge in [-0.25, -0.2) is 18.3 Å². The van der Waals surface area contributed by atoms with Crippen LogP contribution in [0.3, 0.4) is 0 Å². The molecule has 2 atom stereocenters. The molecule has 0 bridgehead atoms. The van der Waals surface area contributed by atoms with E-state index in [0.717, 1.165) is 12.8 Å². The predicted octanol–water partition coefficient (Wildman–Crippen LogP) is 0.752. The molecule has 5 rings (SSSR count). The Labute approximate surface area is 205 Å². The summed E-state index contributed by atoms with van der Waals surface area (Å²) in [5, 5.41) is 27.3. The number of carbonyl (C=O) groups is 3. The van der Waals surface area contributed by atoms with Crippen LogP contribution in [-0.2, 0) is 28.0 Å². The van der Waals surface area contributed by atoms with E-state index in [0.29, 0.717) is 22.2 Å². The van der Waals surface area contributed by atoms with Crippen molar-refractivity contribution in [2.24, 2.45) is 7.05 Å². The molecule has 12 nitrogen and oxygen atoms in total. The van der Waals surface area contributed by atoms with Crippen LogP contribution in [0.15, 0.2) is 22.5 Å². The zero-order valence-corrected chi connectivity index (χ0v) is 19.9. The highest BCUT2D eigenvalue weighted by atomic mass is 32.2. The number of nitrogens with zero attached hydrogens (tertiary/aromatic N) is 7. The van der Waals surface area contributed by atoms with Gasteiger partial charge in [0.05, 0.1) is 0 Å². The molecule has 2 amide bonds. The van der Waals surface area contributed by atoms with Crippen LogP contribution in [-0.4, -0.2) is 80.7 Å². The zero-order chi connectivity index (χ0) is 24.9. The number of carboxylic acid groups (broad SMARTS) is 1. The van der Waals surface area contributed by atoms with E-state index in [1.54, 1.807) is 7.05 Å². The monoisotopic (exact) mass is 526 g/mol. The Bertz CT molecular complexity index is 1230. The van der Waals surface area contributed by atoms with E-state index in [2.05, 4.69) is 25.9 Å². The number of aliphatic carboxylic acids is 1. The first-order chi connectivity index (χ1) is 16.7. The second-order valence-electron chi connectivity index (χ2n) is 8.31. The van der Waals surface area contributed by atoms with E-state index in [1.165, 1.54) is 43.9 Å². The third kappa shape index (κ3) is 4.51. The van der Waals surface area contributed by atoms with Gasteiger partial charge in [-0.15, -0.1) is 16.9 Å². The summed E-state index contributed by atoms with van der Waals surface area (Å²) in [6.45, 7) is -0.297. The van der Waals surface area contributed by atoms with Crippen LogP contribution in [0.25, 0.3) is 0 Å². The lowest BCUT2D eigenvalue weighted by Crippen LogP contribution is -2.70. The molecular formula is C19H20F2N8O4S2. The molecule has 1 saturated carbocycles. The van der Waals surface area contributed by atoms with Crippen LogP contribution >= 0.6 is 23.5 Å². The largest absolute Gasteiger partial charge is 0.477 e. The summed E-state index contributed by atoms with van der Waals surface area (Å²) in [6, 6.07) is 0.414. The average Bonchev–Trinajstić information content (AvgIpc) is 3.45. The first kappa shape index (κ1) is 23.7. The zero-order valence-electron chi connectivity index (χ0n) is 18.3. The molecule has 2 fully saturated rings. The summed E-state index contributed by atoms with van der Waals surface area (Å²) < 4.78 is 28.9. The molecule has 2 aromatic rings. The molecule has 2 aromatic heterocycles. The van der Waals surface area contributed by atoms with E-state index < -0.39 is 35.6 Å². The normalized spacial score (nSPS) is 21.8. The number of β-lactam (4-membered cyclic amide) rings is 1. The number of alkyl halides is 2. The van der Waals surface area contributed by atoms with E-state index >= 15 is 0 Å². The molecule has 2 N–H and O–H groups in total. The van der Waals surface area contributed by atoms with E-state index in [4.69, 9.17) is 0 Å². The number of nitrogens with one attached hydrogen (secondary N) is 1. The van der Waals surface area contributed by atoms with E-state index in [-0.39, 0.29) is 29.6 Å². The highest BCUT2D eigenvalue weighted by Gasteiger charge is 2.54. The van der Waals surface area contributed by atoms with Crippen molar-refractivity contribution in [3.63, 3.8) is 0 Å². The molecular weight excluding hydrogens is 506 g/mol. The molecule has 0 unspecified atom stereocenters. The Balaban J connectivity index is 1.26. The number of rotatable bonds is 9. The van der Waals surface area contributed by atoms with Gasteiger partial charge in [-0.1, -0.05) is 11.8 Å². The Morgan fingerprint density at radius 3 is 2.77 bits per heavy atom. The van der Waals surface area contributed by atoms with Gasteiger partial charge in [0.15, 0.2) is 0 Å². The lowest BCUT2D eigenvalue weighted by atomic mass is 10.0. The Morgan fingerprint density at radius 1 is 1.37 bits per heavy atom. The first-order valence-corrected chi connectivity index (χ1v) is 12.7. The minimum absolute atomic E-state index is 0.100.